The van der Waals surface area contributed by atoms with Gasteiger partial charge in [0.05, 0.1) is 46.8 Å². The van der Waals surface area contributed by atoms with Crippen LogP contribution in [-0.4, -0.2) is 79.5 Å². The Morgan fingerprint density at radius 3 is 1.85 bits per heavy atom. The summed E-state index contributed by atoms with van der Waals surface area (Å²) >= 11 is 0. The SMILES string of the molecule is CNC(CCOCCOCCOCCOC)C(=O)OC. The maximum atomic E-state index is 11.3. The van der Waals surface area contributed by atoms with Crippen molar-refractivity contribution in [2.45, 2.75) is 12.5 Å². The van der Waals surface area contributed by atoms with Crippen molar-refractivity contribution < 1.29 is 28.5 Å². The van der Waals surface area contributed by atoms with E-state index in [1.165, 1.54) is 7.11 Å². The number of rotatable bonds is 14. The molecular formula is C13H27NO6. The van der Waals surface area contributed by atoms with Crippen LogP contribution in [0.2, 0.25) is 0 Å². The second kappa shape index (κ2) is 14.7. The normalized spacial score (nSPS) is 12.3. The largest absolute Gasteiger partial charge is 0.468 e. The molecule has 0 bridgehead atoms. The summed E-state index contributed by atoms with van der Waals surface area (Å²) in [6.07, 6.45) is 0.573. The molecule has 0 spiro atoms. The van der Waals surface area contributed by atoms with Crippen LogP contribution in [0.4, 0.5) is 0 Å². The summed E-state index contributed by atoms with van der Waals surface area (Å²) < 4.78 is 25.4. The molecule has 120 valence electrons. The summed E-state index contributed by atoms with van der Waals surface area (Å²) in [6, 6.07) is -0.324. The average molecular weight is 293 g/mol. The van der Waals surface area contributed by atoms with E-state index < -0.39 is 0 Å². The van der Waals surface area contributed by atoms with Gasteiger partial charge in [-0.1, -0.05) is 0 Å². The third kappa shape index (κ3) is 11.1. The van der Waals surface area contributed by atoms with Gasteiger partial charge in [-0.3, -0.25) is 4.79 Å². The molecule has 0 aromatic heterocycles. The van der Waals surface area contributed by atoms with E-state index in [2.05, 4.69) is 10.1 Å². The predicted octanol–water partition coefficient (Wildman–Crippen LogP) is -0.166. The Balaban J connectivity index is 3.25. The number of esters is 1. The first-order valence-corrected chi connectivity index (χ1v) is 6.73. The molecule has 20 heavy (non-hydrogen) atoms. The number of hydrogen-bond donors (Lipinski definition) is 1. The number of carbonyl (C=O) groups excluding carboxylic acids is 1. The minimum atomic E-state index is -0.324. The molecule has 1 N–H and O–H groups in total. The molecule has 0 aromatic carbocycles. The quantitative estimate of drug-likeness (QED) is 0.352. The van der Waals surface area contributed by atoms with Crippen LogP contribution in [-0.2, 0) is 28.5 Å². The van der Waals surface area contributed by atoms with Crippen LogP contribution in [0.5, 0.6) is 0 Å². The van der Waals surface area contributed by atoms with Crippen molar-refractivity contribution in [1.82, 2.24) is 5.32 Å². The number of carbonyl (C=O) groups is 1. The van der Waals surface area contributed by atoms with Gasteiger partial charge >= 0.3 is 5.97 Å². The number of ether oxygens (including phenoxy) is 5. The molecule has 1 atom stereocenters. The summed E-state index contributed by atoms with van der Waals surface area (Å²) in [6.45, 7) is 3.74. The minimum absolute atomic E-state index is 0.277. The van der Waals surface area contributed by atoms with Gasteiger partial charge < -0.3 is 29.0 Å². The third-order valence-corrected chi connectivity index (χ3v) is 2.56. The van der Waals surface area contributed by atoms with Crippen LogP contribution >= 0.6 is 0 Å². The van der Waals surface area contributed by atoms with Gasteiger partial charge in [-0.2, -0.15) is 0 Å². The van der Waals surface area contributed by atoms with Crippen LogP contribution in [0.3, 0.4) is 0 Å². The fourth-order valence-corrected chi connectivity index (χ4v) is 1.41. The molecule has 7 heteroatoms. The molecule has 0 heterocycles. The number of hydrogen-bond acceptors (Lipinski definition) is 7. The summed E-state index contributed by atoms with van der Waals surface area (Å²) in [5.41, 5.74) is 0. The van der Waals surface area contributed by atoms with E-state index in [4.69, 9.17) is 18.9 Å². The average Bonchev–Trinajstić information content (AvgIpc) is 2.48. The van der Waals surface area contributed by atoms with Crippen LogP contribution in [0.15, 0.2) is 0 Å². The number of nitrogens with one attached hydrogen (secondary N) is 1. The molecule has 0 aromatic rings. The summed E-state index contributed by atoms with van der Waals surface area (Å²) in [4.78, 5) is 11.3. The minimum Gasteiger partial charge on any atom is -0.468 e. The maximum absolute atomic E-state index is 11.3. The highest BCUT2D eigenvalue weighted by molar-refractivity contribution is 5.75. The van der Waals surface area contributed by atoms with Gasteiger partial charge in [-0.15, -0.1) is 0 Å². The predicted molar refractivity (Wildman–Crippen MR) is 73.8 cm³/mol. The van der Waals surface area contributed by atoms with Crippen LogP contribution in [0.1, 0.15) is 6.42 Å². The van der Waals surface area contributed by atoms with Crippen LogP contribution < -0.4 is 5.32 Å². The van der Waals surface area contributed by atoms with Crippen molar-refractivity contribution in [2.75, 3.05) is 67.5 Å². The van der Waals surface area contributed by atoms with E-state index in [0.717, 1.165) is 0 Å². The molecule has 7 nitrogen and oxygen atoms in total. The van der Waals surface area contributed by atoms with E-state index in [9.17, 15) is 4.79 Å². The molecule has 0 saturated heterocycles. The second-order valence-corrected chi connectivity index (χ2v) is 3.98. The van der Waals surface area contributed by atoms with Gasteiger partial charge in [0.25, 0.3) is 0 Å². The summed E-state index contributed by atoms with van der Waals surface area (Å²) in [5, 5.41) is 2.88. The standard InChI is InChI=1S/C13H27NO6/c1-14-12(13(15)17-3)4-5-18-8-9-20-11-10-19-7-6-16-2/h12,14H,4-11H2,1-3H3. The van der Waals surface area contributed by atoms with E-state index >= 15 is 0 Å². The van der Waals surface area contributed by atoms with Crippen LogP contribution in [0, 0.1) is 0 Å². The molecule has 1 unspecified atom stereocenters. The monoisotopic (exact) mass is 293 g/mol. The lowest BCUT2D eigenvalue weighted by Gasteiger charge is -2.13. The Hall–Kier alpha value is -0.730. The highest BCUT2D eigenvalue weighted by Gasteiger charge is 2.15. The van der Waals surface area contributed by atoms with E-state index in [-0.39, 0.29) is 12.0 Å². The zero-order valence-electron chi connectivity index (χ0n) is 12.7. The van der Waals surface area contributed by atoms with Crippen molar-refractivity contribution in [2.24, 2.45) is 0 Å². The topological polar surface area (TPSA) is 75.3 Å². The van der Waals surface area contributed by atoms with Crippen LogP contribution in [0.25, 0.3) is 0 Å². The molecule has 0 radical (unpaired) electrons. The molecule has 0 rings (SSSR count). The number of methoxy groups -OCH3 is 2. The van der Waals surface area contributed by atoms with Crippen molar-refractivity contribution in [3.8, 4) is 0 Å². The van der Waals surface area contributed by atoms with Gasteiger partial charge in [0.15, 0.2) is 0 Å². The van der Waals surface area contributed by atoms with E-state index in [0.29, 0.717) is 52.7 Å². The molecule has 0 aliphatic heterocycles. The first-order chi connectivity index (χ1) is 9.76. The Bertz CT molecular complexity index is 227. The van der Waals surface area contributed by atoms with Crippen molar-refractivity contribution in [3.63, 3.8) is 0 Å². The molecule has 0 amide bonds. The smallest absolute Gasteiger partial charge is 0.322 e. The fourth-order valence-electron chi connectivity index (χ4n) is 1.41. The number of likely N-dealkylation sites (N-methyl/N-ethyl adjacent to an activating group) is 1. The van der Waals surface area contributed by atoms with Crippen molar-refractivity contribution in [1.29, 1.82) is 0 Å². The third-order valence-electron chi connectivity index (χ3n) is 2.56. The molecule has 0 fully saturated rings. The maximum Gasteiger partial charge on any atom is 0.322 e. The molecule has 0 saturated carbocycles. The van der Waals surface area contributed by atoms with E-state index in [1.54, 1.807) is 14.2 Å². The summed E-state index contributed by atoms with van der Waals surface area (Å²) in [5.74, 6) is -0.277. The first kappa shape index (κ1) is 19.3. The van der Waals surface area contributed by atoms with Crippen molar-refractivity contribution in [3.05, 3.63) is 0 Å². The zero-order chi connectivity index (χ0) is 15.1. The van der Waals surface area contributed by atoms with E-state index in [1.807, 2.05) is 0 Å². The lowest BCUT2D eigenvalue weighted by molar-refractivity contribution is -0.143. The molecular weight excluding hydrogens is 266 g/mol. The fraction of sp³-hybridized carbons (Fsp3) is 0.923. The Labute approximate surface area is 120 Å². The Morgan fingerprint density at radius 2 is 1.40 bits per heavy atom. The highest BCUT2D eigenvalue weighted by atomic mass is 16.6. The highest BCUT2D eigenvalue weighted by Crippen LogP contribution is 1.95. The van der Waals surface area contributed by atoms with Crippen molar-refractivity contribution >= 4 is 5.97 Å². The van der Waals surface area contributed by atoms with Gasteiger partial charge in [0.1, 0.15) is 6.04 Å². The Kier molecular flexibility index (Phi) is 14.1. The first-order valence-electron chi connectivity index (χ1n) is 6.73. The van der Waals surface area contributed by atoms with Gasteiger partial charge in [-0.25, -0.2) is 0 Å². The zero-order valence-corrected chi connectivity index (χ0v) is 12.7. The van der Waals surface area contributed by atoms with Gasteiger partial charge in [0.2, 0.25) is 0 Å². The lowest BCUT2D eigenvalue weighted by atomic mass is 10.2. The Morgan fingerprint density at radius 1 is 0.900 bits per heavy atom. The molecule has 0 aliphatic carbocycles. The van der Waals surface area contributed by atoms with Gasteiger partial charge in [-0.05, 0) is 13.5 Å². The lowest BCUT2D eigenvalue weighted by Crippen LogP contribution is -2.36. The van der Waals surface area contributed by atoms with Gasteiger partial charge in [0, 0.05) is 13.7 Å². The summed E-state index contributed by atoms with van der Waals surface area (Å²) in [7, 11) is 4.72. The molecule has 0 aliphatic rings. The second-order valence-electron chi connectivity index (χ2n) is 3.98.